The van der Waals surface area contributed by atoms with Crippen LogP contribution in [0.4, 0.5) is 0 Å². The smallest absolute Gasteiger partial charge is 0.123 e. The fourth-order valence-corrected chi connectivity index (χ4v) is 2.86. The first kappa shape index (κ1) is 15.8. The molecule has 23 heavy (non-hydrogen) atoms. The molecule has 0 aromatic heterocycles. The molecule has 2 aromatic rings. The average Bonchev–Trinajstić information content (AvgIpc) is 2.62. The van der Waals surface area contributed by atoms with Crippen LogP contribution in [-0.4, -0.2) is 6.61 Å². The van der Waals surface area contributed by atoms with Crippen LogP contribution in [0.2, 0.25) is 0 Å². The van der Waals surface area contributed by atoms with Crippen molar-refractivity contribution >= 4 is 0 Å². The molecule has 0 bridgehead atoms. The third-order valence-electron chi connectivity index (χ3n) is 4.06. The molecule has 1 heterocycles. The maximum atomic E-state index is 6.06. The zero-order valence-corrected chi connectivity index (χ0v) is 13.7. The molecule has 0 saturated carbocycles. The van der Waals surface area contributed by atoms with Gasteiger partial charge in [-0.05, 0) is 41.7 Å². The Morgan fingerprint density at radius 1 is 1.13 bits per heavy atom. The van der Waals surface area contributed by atoms with E-state index < -0.39 is 0 Å². The Morgan fingerprint density at radius 3 is 2.74 bits per heavy atom. The van der Waals surface area contributed by atoms with E-state index in [1.807, 2.05) is 18.2 Å². The molecule has 1 aliphatic rings. The molecule has 3 rings (SSSR count). The maximum Gasteiger partial charge on any atom is 0.123 e. The fraction of sp³-hybridized carbons (Fsp3) is 0.333. The van der Waals surface area contributed by atoms with Crippen LogP contribution in [0.5, 0.6) is 5.75 Å². The number of hydrogen-bond acceptors (Lipinski definition) is 2. The van der Waals surface area contributed by atoms with Gasteiger partial charge >= 0.3 is 0 Å². The lowest BCUT2D eigenvalue weighted by Crippen LogP contribution is -2.08. The van der Waals surface area contributed by atoms with Crippen LogP contribution < -0.4 is 4.74 Å². The zero-order valence-electron chi connectivity index (χ0n) is 13.7. The van der Waals surface area contributed by atoms with E-state index in [2.05, 4.69) is 49.4 Å². The van der Waals surface area contributed by atoms with E-state index in [4.69, 9.17) is 9.47 Å². The topological polar surface area (TPSA) is 18.5 Å². The molecule has 0 spiro atoms. The zero-order chi connectivity index (χ0) is 15.9. The van der Waals surface area contributed by atoms with Crippen molar-refractivity contribution in [3.05, 3.63) is 77.4 Å². The van der Waals surface area contributed by atoms with Crippen LogP contribution in [0.3, 0.4) is 0 Å². The van der Waals surface area contributed by atoms with E-state index >= 15 is 0 Å². The van der Waals surface area contributed by atoms with Gasteiger partial charge in [-0.25, -0.2) is 0 Å². The summed E-state index contributed by atoms with van der Waals surface area (Å²) in [5.41, 5.74) is 3.68. The highest BCUT2D eigenvalue weighted by atomic mass is 16.5. The van der Waals surface area contributed by atoms with Crippen molar-refractivity contribution in [2.24, 2.45) is 0 Å². The SMILES string of the molecule is CCCc1cc(C2C=CCCO2)ccc1OCc1ccccc1. The summed E-state index contributed by atoms with van der Waals surface area (Å²) in [6.45, 7) is 3.61. The molecule has 2 nitrogen and oxygen atoms in total. The third kappa shape index (κ3) is 4.23. The minimum absolute atomic E-state index is 0.0857. The van der Waals surface area contributed by atoms with Gasteiger partial charge in [0.25, 0.3) is 0 Å². The molecule has 0 amide bonds. The van der Waals surface area contributed by atoms with Crippen molar-refractivity contribution in [1.29, 1.82) is 0 Å². The highest BCUT2D eigenvalue weighted by Gasteiger charge is 2.14. The van der Waals surface area contributed by atoms with Gasteiger partial charge < -0.3 is 9.47 Å². The fourth-order valence-electron chi connectivity index (χ4n) is 2.86. The van der Waals surface area contributed by atoms with E-state index in [9.17, 15) is 0 Å². The lowest BCUT2D eigenvalue weighted by Gasteiger charge is -2.20. The summed E-state index contributed by atoms with van der Waals surface area (Å²) in [5, 5.41) is 0. The van der Waals surface area contributed by atoms with Gasteiger partial charge in [0.1, 0.15) is 18.5 Å². The predicted octanol–water partition coefficient (Wildman–Crippen LogP) is 5.24. The van der Waals surface area contributed by atoms with Gasteiger partial charge in [-0.1, -0.05) is 61.9 Å². The van der Waals surface area contributed by atoms with Crippen molar-refractivity contribution in [2.45, 2.75) is 38.9 Å². The van der Waals surface area contributed by atoms with Gasteiger partial charge in [0.2, 0.25) is 0 Å². The molecule has 0 fully saturated rings. The summed E-state index contributed by atoms with van der Waals surface area (Å²) in [5.74, 6) is 0.985. The summed E-state index contributed by atoms with van der Waals surface area (Å²) in [6, 6.07) is 16.8. The van der Waals surface area contributed by atoms with Crippen LogP contribution in [0, 0.1) is 0 Å². The second-order valence-electron chi connectivity index (χ2n) is 5.90. The predicted molar refractivity (Wildman–Crippen MR) is 93.7 cm³/mol. The van der Waals surface area contributed by atoms with Crippen molar-refractivity contribution in [2.75, 3.05) is 6.61 Å². The first-order valence-corrected chi connectivity index (χ1v) is 8.44. The van der Waals surface area contributed by atoms with Crippen LogP contribution in [0.25, 0.3) is 0 Å². The van der Waals surface area contributed by atoms with E-state index in [0.717, 1.165) is 31.6 Å². The molecule has 0 radical (unpaired) electrons. The van der Waals surface area contributed by atoms with Crippen LogP contribution >= 0.6 is 0 Å². The molecule has 2 aromatic carbocycles. The summed E-state index contributed by atoms with van der Waals surface area (Å²) >= 11 is 0. The normalized spacial score (nSPS) is 17.2. The monoisotopic (exact) mass is 308 g/mol. The highest BCUT2D eigenvalue weighted by molar-refractivity contribution is 5.39. The van der Waals surface area contributed by atoms with Crippen molar-refractivity contribution in [3.8, 4) is 5.75 Å². The molecule has 1 atom stereocenters. The van der Waals surface area contributed by atoms with Gasteiger partial charge in [-0.15, -0.1) is 0 Å². The third-order valence-corrected chi connectivity index (χ3v) is 4.06. The van der Waals surface area contributed by atoms with Crippen LogP contribution in [-0.2, 0) is 17.8 Å². The van der Waals surface area contributed by atoms with Crippen molar-refractivity contribution in [1.82, 2.24) is 0 Å². The highest BCUT2D eigenvalue weighted by Crippen LogP contribution is 2.29. The number of aryl methyl sites for hydroxylation is 1. The van der Waals surface area contributed by atoms with Gasteiger partial charge in [0.15, 0.2) is 0 Å². The Morgan fingerprint density at radius 2 is 2.00 bits per heavy atom. The Labute approximate surface area is 138 Å². The Hall–Kier alpha value is -2.06. The first-order valence-electron chi connectivity index (χ1n) is 8.44. The lowest BCUT2D eigenvalue weighted by molar-refractivity contribution is 0.0799. The summed E-state index contributed by atoms with van der Waals surface area (Å²) in [6.07, 6.45) is 7.58. The molecule has 1 aliphatic heterocycles. The van der Waals surface area contributed by atoms with Gasteiger partial charge in [-0.2, -0.15) is 0 Å². The first-order chi connectivity index (χ1) is 11.4. The molecule has 1 unspecified atom stereocenters. The standard InChI is InChI=1S/C21H24O2/c1-2-8-18-15-19(20-11-6-7-14-22-20)12-13-21(18)23-16-17-9-4-3-5-10-17/h3-6,9-13,15,20H,2,7-8,14,16H2,1H3. The lowest BCUT2D eigenvalue weighted by atomic mass is 10.0. The van der Waals surface area contributed by atoms with E-state index in [-0.39, 0.29) is 6.10 Å². The maximum absolute atomic E-state index is 6.06. The summed E-state index contributed by atoms with van der Waals surface area (Å²) in [4.78, 5) is 0. The van der Waals surface area contributed by atoms with E-state index in [1.54, 1.807) is 0 Å². The van der Waals surface area contributed by atoms with Gasteiger partial charge in [-0.3, -0.25) is 0 Å². The summed E-state index contributed by atoms with van der Waals surface area (Å²) < 4.78 is 11.9. The largest absolute Gasteiger partial charge is 0.489 e. The molecule has 0 aliphatic carbocycles. The van der Waals surface area contributed by atoms with Crippen molar-refractivity contribution in [3.63, 3.8) is 0 Å². The molecule has 2 heteroatoms. The summed E-state index contributed by atoms with van der Waals surface area (Å²) in [7, 11) is 0. The quantitative estimate of drug-likeness (QED) is 0.680. The second kappa shape index (κ2) is 7.98. The molecule has 0 saturated heterocycles. The number of benzene rings is 2. The van der Waals surface area contributed by atoms with Crippen molar-refractivity contribution < 1.29 is 9.47 Å². The molecular formula is C21H24O2. The van der Waals surface area contributed by atoms with E-state index in [1.165, 1.54) is 16.7 Å². The van der Waals surface area contributed by atoms with E-state index in [0.29, 0.717) is 6.61 Å². The minimum atomic E-state index is 0.0857. The second-order valence-corrected chi connectivity index (χ2v) is 5.90. The number of hydrogen-bond donors (Lipinski definition) is 0. The van der Waals surface area contributed by atoms with Gasteiger partial charge in [0, 0.05) is 0 Å². The van der Waals surface area contributed by atoms with Gasteiger partial charge in [0.05, 0.1) is 6.61 Å². The van der Waals surface area contributed by atoms with Crippen LogP contribution in [0.15, 0.2) is 60.7 Å². The average molecular weight is 308 g/mol. The Balaban J connectivity index is 1.76. The Kier molecular flexibility index (Phi) is 5.49. The Bertz CT molecular complexity index is 646. The molecule has 0 N–H and O–H groups in total. The number of ether oxygens (including phenoxy) is 2. The molecule has 120 valence electrons. The minimum Gasteiger partial charge on any atom is -0.489 e. The van der Waals surface area contributed by atoms with Crippen LogP contribution in [0.1, 0.15) is 42.6 Å². The number of rotatable bonds is 6. The molecular weight excluding hydrogens is 284 g/mol.